The molecule has 2 atom stereocenters. The van der Waals surface area contributed by atoms with Crippen LogP contribution in [0.1, 0.15) is 0 Å². The van der Waals surface area contributed by atoms with Crippen molar-refractivity contribution in [3.63, 3.8) is 0 Å². The van der Waals surface area contributed by atoms with Gasteiger partial charge in [0.25, 0.3) is 0 Å². The van der Waals surface area contributed by atoms with E-state index < -0.39 is 48.5 Å². The lowest BCUT2D eigenvalue weighted by Gasteiger charge is -2.22. The van der Waals surface area contributed by atoms with E-state index in [2.05, 4.69) is 10.6 Å². The molecule has 10 heteroatoms. The third-order valence-corrected chi connectivity index (χ3v) is 3.95. The van der Waals surface area contributed by atoms with E-state index in [1.54, 1.807) is 60.7 Å². The van der Waals surface area contributed by atoms with Crippen LogP contribution in [0.5, 0.6) is 0 Å². The molecule has 4 N–H and O–H groups in total. The molecule has 0 saturated carbocycles. The Morgan fingerprint density at radius 3 is 1.97 bits per heavy atom. The highest BCUT2D eigenvalue weighted by atomic mass is 16.6. The van der Waals surface area contributed by atoms with Crippen LogP contribution >= 0.6 is 0 Å². The van der Waals surface area contributed by atoms with Gasteiger partial charge in [-0.05, 0) is 24.3 Å². The topological polar surface area (TPSA) is 143 Å². The molecule has 2 aromatic rings. The highest BCUT2D eigenvalue weighted by molar-refractivity contribution is 5.89. The van der Waals surface area contributed by atoms with Crippen molar-refractivity contribution in [1.82, 2.24) is 0 Å². The summed E-state index contributed by atoms with van der Waals surface area (Å²) in [6.45, 7) is -0.573. The predicted octanol–water partition coefficient (Wildman–Crippen LogP) is 3.11. The normalized spacial score (nSPS) is 16.4. The lowest BCUT2D eigenvalue weighted by molar-refractivity contribution is -0.147. The second-order valence-electron chi connectivity index (χ2n) is 6.08. The first kappa shape index (κ1) is 20.5. The first-order valence-corrected chi connectivity index (χ1v) is 8.78. The molecule has 1 aliphatic heterocycles. The average Bonchev–Trinajstić information content (AvgIpc) is 3.00. The van der Waals surface area contributed by atoms with Gasteiger partial charge in [-0.1, -0.05) is 36.4 Å². The molecule has 0 spiro atoms. The highest BCUT2D eigenvalue weighted by Gasteiger charge is 2.42. The number of carbonyl (C=O) groups is 3. The van der Waals surface area contributed by atoms with Crippen LogP contribution in [0.15, 0.2) is 72.2 Å². The second kappa shape index (κ2) is 9.32. The maximum Gasteiger partial charge on any atom is 0.412 e. The first-order valence-electron chi connectivity index (χ1n) is 8.78. The van der Waals surface area contributed by atoms with E-state index in [0.717, 1.165) is 0 Å². The van der Waals surface area contributed by atoms with Gasteiger partial charge in [0.15, 0.2) is 11.9 Å². The zero-order valence-corrected chi connectivity index (χ0v) is 15.5. The molecule has 156 valence electrons. The van der Waals surface area contributed by atoms with Crippen molar-refractivity contribution in [2.24, 2.45) is 0 Å². The number of amides is 2. The highest BCUT2D eigenvalue weighted by Crippen LogP contribution is 2.24. The fraction of sp³-hybridized carbons (Fsp3) is 0.150. The largest absolute Gasteiger partial charge is 0.505 e. The van der Waals surface area contributed by atoms with Gasteiger partial charge in [0.1, 0.15) is 6.61 Å². The van der Waals surface area contributed by atoms with E-state index in [4.69, 9.17) is 14.2 Å². The van der Waals surface area contributed by atoms with Gasteiger partial charge in [0.2, 0.25) is 11.9 Å². The van der Waals surface area contributed by atoms with Gasteiger partial charge < -0.3 is 24.4 Å². The fourth-order valence-corrected chi connectivity index (χ4v) is 2.54. The van der Waals surface area contributed by atoms with Crippen molar-refractivity contribution < 1.29 is 38.8 Å². The number of esters is 1. The Hall–Kier alpha value is -4.21. The van der Waals surface area contributed by atoms with Gasteiger partial charge in [-0.25, -0.2) is 14.4 Å². The van der Waals surface area contributed by atoms with Crippen molar-refractivity contribution in [3.8, 4) is 0 Å². The van der Waals surface area contributed by atoms with Crippen LogP contribution in [0.2, 0.25) is 0 Å². The van der Waals surface area contributed by atoms with Crippen molar-refractivity contribution in [1.29, 1.82) is 0 Å². The molecule has 2 amide bonds. The van der Waals surface area contributed by atoms with Crippen molar-refractivity contribution in [3.05, 3.63) is 72.2 Å². The number of para-hydroxylation sites is 2. The van der Waals surface area contributed by atoms with Crippen LogP contribution in [0.25, 0.3) is 0 Å². The summed E-state index contributed by atoms with van der Waals surface area (Å²) in [4.78, 5) is 35.7. The Morgan fingerprint density at radius 2 is 1.47 bits per heavy atom. The molecule has 0 aliphatic carbocycles. The Balaban J connectivity index is 1.65. The maximum absolute atomic E-state index is 12.2. The standard InChI is InChI=1S/C20H18N2O8/c23-15-16(24)18(25)30-17(15)14(29-20(27)22-13-9-5-2-6-10-13)11-28-19(26)21-12-7-3-1-4-8-12/h1-10,14,17,23-24H,11H2,(H,21,26)(H,22,27). The minimum Gasteiger partial charge on any atom is -0.505 e. The van der Waals surface area contributed by atoms with Crippen LogP contribution < -0.4 is 10.6 Å². The third kappa shape index (κ3) is 5.19. The van der Waals surface area contributed by atoms with Gasteiger partial charge in [-0.15, -0.1) is 0 Å². The van der Waals surface area contributed by atoms with Gasteiger partial charge in [0, 0.05) is 11.4 Å². The minimum absolute atomic E-state index is 0.426. The summed E-state index contributed by atoms with van der Waals surface area (Å²) in [5.41, 5.74) is 0.893. The average molecular weight is 414 g/mol. The number of carbonyl (C=O) groups excluding carboxylic acids is 3. The van der Waals surface area contributed by atoms with Gasteiger partial charge in [-0.3, -0.25) is 10.6 Å². The lowest BCUT2D eigenvalue weighted by Crippen LogP contribution is -2.39. The number of hydrogen-bond donors (Lipinski definition) is 4. The zero-order chi connectivity index (χ0) is 21.5. The van der Waals surface area contributed by atoms with E-state index in [0.29, 0.717) is 11.4 Å². The number of hydrogen-bond acceptors (Lipinski definition) is 8. The zero-order valence-electron chi connectivity index (χ0n) is 15.5. The van der Waals surface area contributed by atoms with Crippen LogP contribution in [0.3, 0.4) is 0 Å². The molecule has 0 aromatic heterocycles. The number of anilines is 2. The van der Waals surface area contributed by atoms with Gasteiger partial charge in [-0.2, -0.15) is 0 Å². The number of rotatable bonds is 6. The number of aliphatic hydroxyl groups excluding tert-OH is 2. The number of aliphatic hydroxyl groups is 2. The molecule has 2 unspecified atom stereocenters. The van der Waals surface area contributed by atoms with E-state index in [-0.39, 0.29) is 0 Å². The summed E-state index contributed by atoms with van der Waals surface area (Å²) in [7, 11) is 0. The Bertz CT molecular complexity index is 946. The first-order chi connectivity index (χ1) is 14.4. The van der Waals surface area contributed by atoms with E-state index in [1.165, 1.54) is 0 Å². The van der Waals surface area contributed by atoms with Crippen LogP contribution in [-0.2, 0) is 19.0 Å². The lowest BCUT2D eigenvalue weighted by atomic mass is 10.2. The van der Waals surface area contributed by atoms with Crippen molar-refractivity contribution >= 4 is 29.5 Å². The van der Waals surface area contributed by atoms with Crippen LogP contribution in [0.4, 0.5) is 21.0 Å². The number of nitrogens with one attached hydrogen (secondary N) is 2. The van der Waals surface area contributed by atoms with E-state index >= 15 is 0 Å². The summed E-state index contributed by atoms with van der Waals surface area (Å²) in [6.07, 6.45) is -4.78. The summed E-state index contributed by atoms with van der Waals surface area (Å²) < 4.78 is 15.0. The molecule has 3 rings (SSSR count). The van der Waals surface area contributed by atoms with Crippen LogP contribution in [-0.4, -0.2) is 47.2 Å². The number of ether oxygens (including phenoxy) is 3. The molecule has 0 bridgehead atoms. The number of benzene rings is 2. The molecule has 1 heterocycles. The fourth-order valence-electron chi connectivity index (χ4n) is 2.54. The molecule has 1 aliphatic rings. The molecular formula is C20H18N2O8. The molecule has 0 fully saturated rings. The molecular weight excluding hydrogens is 396 g/mol. The van der Waals surface area contributed by atoms with Crippen molar-refractivity contribution in [2.75, 3.05) is 17.2 Å². The minimum atomic E-state index is -1.54. The predicted molar refractivity (Wildman–Crippen MR) is 104 cm³/mol. The Morgan fingerprint density at radius 1 is 0.933 bits per heavy atom. The quantitative estimate of drug-likeness (QED) is 0.417. The van der Waals surface area contributed by atoms with Gasteiger partial charge in [0.05, 0.1) is 0 Å². The molecule has 0 radical (unpaired) electrons. The van der Waals surface area contributed by atoms with Crippen LogP contribution in [0, 0.1) is 0 Å². The Kier molecular flexibility index (Phi) is 6.38. The maximum atomic E-state index is 12.2. The molecule has 0 saturated heterocycles. The summed E-state index contributed by atoms with van der Waals surface area (Å²) in [5, 5.41) is 24.3. The Labute approximate surface area is 170 Å². The third-order valence-electron chi connectivity index (χ3n) is 3.95. The van der Waals surface area contributed by atoms with Gasteiger partial charge >= 0.3 is 18.2 Å². The molecule has 30 heavy (non-hydrogen) atoms. The second-order valence-corrected chi connectivity index (χ2v) is 6.08. The SMILES string of the molecule is O=C(Nc1ccccc1)OCC(OC(=O)Nc1ccccc1)C1OC(=O)C(O)=C1O. The summed E-state index contributed by atoms with van der Waals surface area (Å²) in [5.74, 6) is -3.03. The van der Waals surface area contributed by atoms with E-state index in [9.17, 15) is 24.6 Å². The summed E-state index contributed by atoms with van der Waals surface area (Å²) >= 11 is 0. The molecule has 10 nitrogen and oxygen atoms in total. The smallest absolute Gasteiger partial charge is 0.412 e. The van der Waals surface area contributed by atoms with E-state index in [1.807, 2.05) is 0 Å². The van der Waals surface area contributed by atoms with Crippen molar-refractivity contribution in [2.45, 2.75) is 12.2 Å². The summed E-state index contributed by atoms with van der Waals surface area (Å²) in [6, 6.07) is 16.8. The monoisotopic (exact) mass is 414 g/mol. The molecule has 2 aromatic carbocycles. The number of cyclic esters (lactones) is 1.